The number of cyclic esters (lactones) is 1. The van der Waals surface area contributed by atoms with Crippen LogP contribution in [0, 0.1) is 0 Å². The van der Waals surface area contributed by atoms with Crippen LogP contribution in [-0.4, -0.2) is 16.9 Å². The molecule has 5 heteroatoms. The lowest BCUT2D eigenvalue weighted by molar-refractivity contribution is 0.0254. The van der Waals surface area contributed by atoms with Crippen LogP contribution in [0.15, 0.2) is 72.9 Å². The van der Waals surface area contributed by atoms with Crippen molar-refractivity contribution in [2.24, 2.45) is 0 Å². The molecule has 1 amide bonds. The monoisotopic (exact) mass is 344 g/mol. The van der Waals surface area contributed by atoms with Gasteiger partial charge in [-0.1, -0.05) is 48.5 Å². The van der Waals surface area contributed by atoms with E-state index in [1.54, 1.807) is 36.5 Å². The number of amides is 1. The number of fused-ring (bicyclic) bond motifs is 1. The number of esters is 1. The van der Waals surface area contributed by atoms with E-state index in [4.69, 9.17) is 4.74 Å². The molecular weight excluding hydrogens is 328 g/mol. The zero-order valence-electron chi connectivity index (χ0n) is 13.9. The Labute approximate surface area is 150 Å². The summed E-state index contributed by atoms with van der Waals surface area (Å²) in [6.45, 7) is 0. The van der Waals surface area contributed by atoms with Gasteiger partial charge < -0.3 is 10.1 Å². The predicted molar refractivity (Wildman–Crippen MR) is 96.9 cm³/mol. The van der Waals surface area contributed by atoms with Gasteiger partial charge in [0.15, 0.2) is 0 Å². The highest BCUT2D eigenvalue weighted by Crippen LogP contribution is 2.33. The van der Waals surface area contributed by atoms with Gasteiger partial charge in [0.2, 0.25) is 0 Å². The number of benzene rings is 2. The van der Waals surface area contributed by atoms with Gasteiger partial charge >= 0.3 is 5.97 Å². The van der Waals surface area contributed by atoms with Gasteiger partial charge in [-0.2, -0.15) is 0 Å². The van der Waals surface area contributed by atoms with E-state index in [1.165, 1.54) is 0 Å². The number of anilines is 1. The fourth-order valence-corrected chi connectivity index (χ4v) is 3.05. The van der Waals surface area contributed by atoms with Crippen LogP contribution in [0.3, 0.4) is 0 Å². The lowest BCUT2D eigenvalue weighted by atomic mass is 9.95. The fraction of sp³-hybridized carbons (Fsp3) is 0.0952. The van der Waals surface area contributed by atoms with Crippen LogP contribution in [0.25, 0.3) is 0 Å². The molecule has 2 aromatic carbocycles. The molecule has 1 atom stereocenters. The smallest absolute Gasteiger partial charge is 0.342 e. The van der Waals surface area contributed by atoms with Crippen LogP contribution in [0.2, 0.25) is 0 Å². The van der Waals surface area contributed by atoms with Crippen molar-refractivity contribution in [3.05, 3.63) is 95.2 Å². The van der Waals surface area contributed by atoms with Gasteiger partial charge in [0.05, 0.1) is 0 Å². The summed E-state index contributed by atoms with van der Waals surface area (Å²) in [5, 5.41) is 2.72. The molecule has 1 aromatic heterocycles. The number of nitrogens with zero attached hydrogens (tertiary/aromatic N) is 1. The molecule has 0 bridgehead atoms. The minimum Gasteiger partial charge on any atom is -0.453 e. The van der Waals surface area contributed by atoms with E-state index in [0.29, 0.717) is 17.5 Å². The summed E-state index contributed by atoms with van der Waals surface area (Å²) in [5.41, 5.74) is 2.58. The van der Waals surface area contributed by atoms with Crippen molar-refractivity contribution in [1.82, 2.24) is 4.98 Å². The van der Waals surface area contributed by atoms with E-state index in [1.807, 2.05) is 36.4 Å². The third kappa shape index (κ3) is 3.07. The fourth-order valence-electron chi connectivity index (χ4n) is 3.05. The Morgan fingerprint density at radius 2 is 1.69 bits per heavy atom. The second kappa shape index (κ2) is 6.80. The predicted octanol–water partition coefficient (Wildman–Crippen LogP) is 3.79. The first-order valence-electron chi connectivity index (χ1n) is 8.32. The largest absolute Gasteiger partial charge is 0.453 e. The molecule has 128 valence electrons. The minimum absolute atomic E-state index is 0.230. The second-order valence-corrected chi connectivity index (χ2v) is 6.02. The summed E-state index contributed by atoms with van der Waals surface area (Å²) in [5.74, 6) is -0.561. The van der Waals surface area contributed by atoms with Crippen molar-refractivity contribution in [2.75, 3.05) is 5.32 Å². The number of hydrogen-bond donors (Lipinski definition) is 1. The van der Waals surface area contributed by atoms with Crippen molar-refractivity contribution in [3.8, 4) is 0 Å². The van der Waals surface area contributed by atoms with Gasteiger partial charge in [-0.25, -0.2) is 9.78 Å². The molecule has 0 fully saturated rings. The Bertz CT molecular complexity index is 956. The molecule has 4 rings (SSSR count). The Kier molecular flexibility index (Phi) is 4.19. The molecule has 0 radical (unpaired) electrons. The molecule has 1 aliphatic heterocycles. The van der Waals surface area contributed by atoms with Gasteiger partial charge in [-0.05, 0) is 29.3 Å². The molecule has 3 aromatic rings. The molecule has 1 N–H and O–H groups in total. The zero-order valence-corrected chi connectivity index (χ0v) is 13.9. The molecule has 0 saturated carbocycles. The van der Waals surface area contributed by atoms with Crippen molar-refractivity contribution in [1.29, 1.82) is 0 Å². The molecular formula is C21H16N2O3. The Balaban J connectivity index is 1.63. The third-order valence-corrected chi connectivity index (χ3v) is 4.34. The van der Waals surface area contributed by atoms with Gasteiger partial charge in [-0.3, -0.25) is 4.79 Å². The molecule has 0 aliphatic carbocycles. The second-order valence-electron chi connectivity index (χ2n) is 6.02. The summed E-state index contributed by atoms with van der Waals surface area (Å²) >= 11 is 0. The highest BCUT2D eigenvalue weighted by Gasteiger charge is 2.30. The highest BCUT2D eigenvalue weighted by atomic mass is 16.5. The van der Waals surface area contributed by atoms with Crippen molar-refractivity contribution in [3.63, 3.8) is 0 Å². The quantitative estimate of drug-likeness (QED) is 0.734. The van der Waals surface area contributed by atoms with Crippen LogP contribution in [-0.2, 0) is 11.2 Å². The molecule has 26 heavy (non-hydrogen) atoms. The first-order valence-corrected chi connectivity index (χ1v) is 8.32. The minimum atomic E-state index is -0.475. The van der Waals surface area contributed by atoms with Gasteiger partial charge in [0, 0.05) is 18.2 Å². The number of rotatable bonds is 3. The van der Waals surface area contributed by atoms with E-state index in [9.17, 15) is 9.59 Å². The summed E-state index contributed by atoms with van der Waals surface area (Å²) < 4.78 is 5.60. The Morgan fingerprint density at radius 3 is 2.42 bits per heavy atom. The summed E-state index contributed by atoms with van der Waals surface area (Å²) in [6, 6.07) is 20.2. The van der Waals surface area contributed by atoms with Gasteiger partial charge in [-0.15, -0.1) is 0 Å². The van der Waals surface area contributed by atoms with E-state index >= 15 is 0 Å². The van der Waals surface area contributed by atoms with Crippen molar-refractivity contribution < 1.29 is 14.3 Å². The highest BCUT2D eigenvalue weighted by molar-refractivity contribution is 6.07. The molecule has 2 heterocycles. The zero-order chi connectivity index (χ0) is 17.9. The number of carbonyl (C=O) groups is 2. The topological polar surface area (TPSA) is 68.3 Å². The Morgan fingerprint density at radius 1 is 1.00 bits per heavy atom. The lowest BCUT2D eigenvalue weighted by Crippen LogP contribution is -2.25. The third-order valence-electron chi connectivity index (χ3n) is 4.34. The van der Waals surface area contributed by atoms with Crippen LogP contribution in [0.4, 0.5) is 5.82 Å². The van der Waals surface area contributed by atoms with Crippen LogP contribution in [0.1, 0.15) is 37.9 Å². The number of hydrogen-bond acceptors (Lipinski definition) is 4. The molecule has 5 nitrogen and oxygen atoms in total. The normalized spacial score (nSPS) is 15.7. The molecule has 1 aliphatic rings. The maximum absolute atomic E-state index is 12.6. The van der Waals surface area contributed by atoms with Gasteiger partial charge in [0.25, 0.3) is 5.91 Å². The molecule has 1 unspecified atom stereocenters. The van der Waals surface area contributed by atoms with Crippen LogP contribution < -0.4 is 5.32 Å². The van der Waals surface area contributed by atoms with E-state index in [0.717, 1.165) is 11.1 Å². The number of pyridine rings is 1. The molecule has 0 saturated heterocycles. The summed E-state index contributed by atoms with van der Waals surface area (Å²) in [7, 11) is 0. The Hall–Kier alpha value is -3.47. The maximum atomic E-state index is 12.6. The SMILES string of the molecule is O=C(Nc1nccc2c1C(=O)OC(c1ccccc1)C2)c1ccccc1. The van der Waals surface area contributed by atoms with Crippen molar-refractivity contribution >= 4 is 17.7 Å². The number of nitrogens with one attached hydrogen (secondary N) is 1. The number of carbonyl (C=O) groups excluding carboxylic acids is 2. The van der Waals surface area contributed by atoms with E-state index in [2.05, 4.69) is 10.3 Å². The first kappa shape index (κ1) is 16.0. The average Bonchev–Trinajstić information content (AvgIpc) is 2.69. The molecule has 0 spiro atoms. The van der Waals surface area contributed by atoms with Gasteiger partial charge in [0.1, 0.15) is 17.5 Å². The van der Waals surface area contributed by atoms with E-state index < -0.39 is 5.97 Å². The average molecular weight is 344 g/mol. The first-order chi connectivity index (χ1) is 12.7. The van der Waals surface area contributed by atoms with Crippen LogP contribution >= 0.6 is 0 Å². The standard InChI is InChI=1S/C21H16N2O3/c24-20(15-9-5-2-6-10-15)23-19-18-16(11-12-22-19)13-17(26-21(18)25)14-7-3-1-4-8-14/h1-12,17H,13H2,(H,22,23,24). The number of ether oxygens (including phenoxy) is 1. The number of aromatic nitrogens is 1. The van der Waals surface area contributed by atoms with Crippen LogP contribution in [0.5, 0.6) is 0 Å². The lowest BCUT2D eigenvalue weighted by Gasteiger charge is -2.26. The maximum Gasteiger partial charge on any atom is 0.342 e. The van der Waals surface area contributed by atoms with Crippen molar-refractivity contribution in [2.45, 2.75) is 12.5 Å². The van der Waals surface area contributed by atoms with E-state index in [-0.39, 0.29) is 17.8 Å². The summed E-state index contributed by atoms with van der Waals surface area (Å²) in [6.07, 6.45) is 1.80. The summed E-state index contributed by atoms with van der Waals surface area (Å²) in [4.78, 5) is 29.2.